The van der Waals surface area contributed by atoms with Gasteiger partial charge >= 0.3 is 0 Å². The predicted octanol–water partition coefficient (Wildman–Crippen LogP) is 1.02. The lowest BCUT2D eigenvalue weighted by Gasteiger charge is -2.27. The van der Waals surface area contributed by atoms with Crippen molar-refractivity contribution >= 4 is 5.91 Å². The van der Waals surface area contributed by atoms with Crippen LogP contribution in [0.4, 0.5) is 0 Å². The summed E-state index contributed by atoms with van der Waals surface area (Å²) >= 11 is 0. The van der Waals surface area contributed by atoms with E-state index in [1.54, 1.807) is 14.0 Å². The van der Waals surface area contributed by atoms with Crippen LogP contribution in [0.25, 0.3) is 0 Å². The molecule has 1 saturated carbocycles. The van der Waals surface area contributed by atoms with Gasteiger partial charge in [-0.1, -0.05) is 5.16 Å². The molecule has 1 aromatic rings. The molecular weight excluding hydrogens is 284 g/mol. The van der Waals surface area contributed by atoms with Gasteiger partial charge in [0.15, 0.2) is 5.82 Å². The van der Waals surface area contributed by atoms with Crippen LogP contribution in [0.2, 0.25) is 0 Å². The number of likely N-dealkylation sites (tertiary alicyclic amines) is 1. The van der Waals surface area contributed by atoms with E-state index >= 15 is 0 Å². The number of rotatable bonds is 7. The number of hydrogen-bond acceptors (Lipinski definition) is 6. The van der Waals surface area contributed by atoms with Gasteiger partial charge < -0.3 is 14.2 Å². The van der Waals surface area contributed by atoms with E-state index in [0.717, 1.165) is 51.4 Å². The molecule has 2 fully saturated rings. The highest BCUT2D eigenvalue weighted by Crippen LogP contribution is 2.38. The quantitative estimate of drug-likeness (QED) is 0.749. The third kappa shape index (κ3) is 3.64. The Hall–Kier alpha value is -1.47. The van der Waals surface area contributed by atoms with Gasteiger partial charge in [0.1, 0.15) is 0 Å². The second-order valence-electron chi connectivity index (χ2n) is 6.21. The Morgan fingerprint density at radius 3 is 2.95 bits per heavy atom. The van der Waals surface area contributed by atoms with E-state index in [2.05, 4.69) is 15.0 Å². The van der Waals surface area contributed by atoms with Gasteiger partial charge in [-0.2, -0.15) is 4.98 Å². The molecule has 0 bridgehead atoms. The number of amides is 1. The van der Waals surface area contributed by atoms with Crippen LogP contribution >= 0.6 is 0 Å². The van der Waals surface area contributed by atoms with Crippen molar-refractivity contribution in [2.75, 3.05) is 33.4 Å². The SMILES string of the molecule is COCCN1CC[C@H](N(Cc2noc(C3CC3)n2)C(C)=O)C1. The predicted molar refractivity (Wildman–Crippen MR) is 79.2 cm³/mol. The van der Waals surface area contributed by atoms with Gasteiger partial charge in [0, 0.05) is 45.6 Å². The van der Waals surface area contributed by atoms with Crippen molar-refractivity contribution in [3.63, 3.8) is 0 Å². The summed E-state index contributed by atoms with van der Waals surface area (Å²) < 4.78 is 10.4. The highest BCUT2D eigenvalue weighted by Gasteiger charge is 2.32. The molecule has 1 atom stereocenters. The van der Waals surface area contributed by atoms with Crippen LogP contribution in [-0.2, 0) is 16.1 Å². The molecule has 0 radical (unpaired) electrons. The van der Waals surface area contributed by atoms with Crippen molar-refractivity contribution in [1.29, 1.82) is 0 Å². The van der Waals surface area contributed by atoms with Crippen LogP contribution in [0.1, 0.15) is 43.8 Å². The van der Waals surface area contributed by atoms with Crippen molar-refractivity contribution in [2.24, 2.45) is 0 Å². The Balaban J connectivity index is 1.58. The van der Waals surface area contributed by atoms with Crippen LogP contribution in [0, 0.1) is 0 Å². The minimum atomic E-state index is 0.0661. The maximum Gasteiger partial charge on any atom is 0.229 e. The average molecular weight is 308 g/mol. The number of carbonyl (C=O) groups excluding carboxylic acids is 1. The van der Waals surface area contributed by atoms with Crippen LogP contribution in [0.3, 0.4) is 0 Å². The molecule has 1 aromatic heterocycles. The molecule has 0 N–H and O–H groups in total. The first-order valence-electron chi connectivity index (χ1n) is 7.98. The normalized spacial score (nSPS) is 22.2. The zero-order valence-corrected chi connectivity index (χ0v) is 13.3. The highest BCUT2D eigenvalue weighted by atomic mass is 16.5. The van der Waals surface area contributed by atoms with E-state index in [-0.39, 0.29) is 11.9 Å². The third-order valence-corrected chi connectivity index (χ3v) is 4.43. The van der Waals surface area contributed by atoms with Crippen LogP contribution in [0.15, 0.2) is 4.52 Å². The van der Waals surface area contributed by atoms with E-state index < -0.39 is 0 Å². The molecule has 1 amide bonds. The zero-order chi connectivity index (χ0) is 15.5. The van der Waals surface area contributed by atoms with Crippen molar-refractivity contribution in [1.82, 2.24) is 19.9 Å². The standard InChI is InChI=1S/C15H24N4O3/c1-11(20)19(13-5-6-18(9-13)7-8-21-2)10-14-16-15(22-17-14)12-3-4-12/h12-13H,3-10H2,1-2H3/t13-/m0/s1. The second-order valence-corrected chi connectivity index (χ2v) is 6.21. The van der Waals surface area contributed by atoms with Crippen LogP contribution in [0.5, 0.6) is 0 Å². The number of aromatic nitrogens is 2. The van der Waals surface area contributed by atoms with Crippen LogP contribution < -0.4 is 0 Å². The van der Waals surface area contributed by atoms with Gasteiger partial charge in [-0.3, -0.25) is 9.69 Å². The molecule has 0 unspecified atom stereocenters. The summed E-state index contributed by atoms with van der Waals surface area (Å²) in [6.45, 7) is 5.57. The smallest absolute Gasteiger partial charge is 0.229 e. The average Bonchev–Trinajstić information content (AvgIpc) is 3.07. The molecule has 0 spiro atoms. The Bertz CT molecular complexity index is 515. The van der Waals surface area contributed by atoms with E-state index in [0.29, 0.717) is 18.3 Å². The lowest BCUT2D eigenvalue weighted by Crippen LogP contribution is -2.40. The maximum absolute atomic E-state index is 12.0. The Morgan fingerprint density at radius 2 is 2.27 bits per heavy atom. The number of carbonyl (C=O) groups is 1. The third-order valence-electron chi connectivity index (χ3n) is 4.43. The monoisotopic (exact) mass is 308 g/mol. The molecule has 1 saturated heterocycles. The number of methoxy groups -OCH3 is 1. The molecule has 7 nitrogen and oxygen atoms in total. The summed E-state index contributed by atoms with van der Waals surface area (Å²) in [7, 11) is 1.71. The summed E-state index contributed by atoms with van der Waals surface area (Å²) in [4.78, 5) is 20.6. The number of ether oxygens (including phenoxy) is 1. The largest absolute Gasteiger partial charge is 0.383 e. The zero-order valence-electron chi connectivity index (χ0n) is 13.3. The molecule has 122 valence electrons. The van der Waals surface area contributed by atoms with E-state index in [9.17, 15) is 4.79 Å². The summed E-state index contributed by atoms with van der Waals surface area (Å²) in [5.74, 6) is 1.86. The lowest BCUT2D eigenvalue weighted by molar-refractivity contribution is -0.131. The van der Waals surface area contributed by atoms with Gasteiger partial charge in [0.05, 0.1) is 13.2 Å². The summed E-state index contributed by atoms with van der Waals surface area (Å²) in [5.41, 5.74) is 0. The maximum atomic E-state index is 12.0. The van der Waals surface area contributed by atoms with Gasteiger partial charge in [0.2, 0.25) is 11.8 Å². The highest BCUT2D eigenvalue weighted by molar-refractivity contribution is 5.73. The second kappa shape index (κ2) is 6.75. The first-order chi connectivity index (χ1) is 10.7. The van der Waals surface area contributed by atoms with Crippen molar-refractivity contribution in [2.45, 2.75) is 44.7 Å². The fourth-order valence-corrected chi connectivity index (χ4v) is 2.97. The Labute approximate surface area is 130 Å². The minimum Gasteiger partial charge on any atom is -0.383 e. The van der Waals surface area contributed by atoms with Gasteiger partial charge in [-0.05, 0) is 19.3 Å². The topological polar surface area (TPSA) is 71.7 Å². The van der Waals surface area contributed by atoms with Gasteiger partial charge in [0.25, 0.3) is 0 Å². The molecule has 2 aliphatic rings. The molecule has 0 aromatic carbocycles. The molecule has 22 heavy (non-hydrogen) atoms. The fourth-order valence-electron chi connectivity index (χ4n) is 2.97. The fraction of sp³-hybridized carbons (Fsp3) is 0.800. The van der Waals surface area contributed by atoms with Gasteiger partial charge in [-0.25, -0.2) is 0 Å². The van der Waals surface area contributed by atoms with Crippen LogP contribution in [-0.4, -0.2) is 65.2 Å². The van der Waals surface area contributed by atoms with E-state index in [1.807, 2.05) is 4.90 Å². The Kier molecular flexibility index (Phi) is 4.73. The molecule has 1 aliphatic carbocycles. The summed E-state index contributed by atoms with van der Waals surface area (Å²) in [6.07, 6.45) is 3.25. The van der Waals surface area contributed by atoms with Gasteiger partial charge in [-0.15, -0.1) is 0 Å². The lowest BCUT2D eigenvalue weighted by atomic mass is 10.2. The molecule has 2 heterocycles. The molecule has 7 heteroatoms. The first kappa shape index (κ1) is 15.4. The molecular formula is C15H24N4O3. The molecule has 1 aliphatic heterocycles. The van der Waals surface area contributed by atoms with Crippen molar-refractivity contribution in [3.05, 3.63) is 11.7 Å². The number of hydrogen-bond donors (Lipinski definition) is 0. The summed E-state index contributed by atoms with van der Waals surface area (Å²) in [5, 5.41) is 4.03. The minimum absolute atomic E-state index is 0.0661. The Morgan fingerprint density at radius 1 is 1.45 bits per heavy atom. The number of nitrogens with zero attached hydrogens (tertiary/aromatic N) is 4. The van der Waals surface area contributed by atoms with Crippen molar-refractivity contribution in [3.8, 4) is 0 Å². The van der Waals surface area contributed by atoms with Crippen molar-refractivity contribution < 1.29 is 14.1 Å². The first-order valence-corrected chi connectivity index (χ1v) is 7.98. The van der Waals surface area contributed by atoms with E-state index in [4.69, 9.17) is 9.26 Å². The molecule has 3 rings (SSSR count). The van der Waals surface area contributed by atoms with E-state index in [1.165, 1.54) is 0 Å². The summed E-state index contributed by atoms with van der Waals surface area (Å²) in [6, 6.07) is 0.220.